The van der Waals surface area contributed by atoms with Crippen molar-refractivity contribution in [3.8, 4) is 11.5 Å². The summed E-state index contributed by atoms with van der Waals surface area (Å²) in [5, 5.41) is 10.7. The van der Waals surface area contributed by atoms with Gasteiger partial charge in [0.1, 0.15) is 0 Å². The number of rotatable bonds is 5. The topological polar surface area (TPSA) is 95.7 Å². The second-order valence-corrected chi connectivity index (χ2v) is 5.61. The van der Waals surface area contributed by atoms with E-state index in [9.17, 15) is 27.3 Å². The lowest BCUT2D eigenvalue weighted by molar-refractivity contribution is -0.386. The third-order valence-corrected chi connectivity index (χ3v) is 3.24. The summed E-state index contributed by atoms with van der Waals surface area (Å²) in [6.45, 7) is -3.32. The van der Waals surface area contributed by atoms with Gasteiger partial charge in [0, 0.05) is 22.8 Å². The smallest absolute Gasteiger partial charge is 0.387 e. The fraction of sp³-hybridized carbons (Fsp3) is 0.250. The van der Waals surface area contributed by atoms with E-state index in [1.54, 1.807) is 0 Å². The molecule has 1 aromatic carbocycles. The van der Waals surface area contributed by atoms with Gasteiger partial charge in [0.15, 0.2) is 5.75 Å². The number of alkyl halides is 2. The van der Waals surface area contributed by atoms with E-state index in [-0.39, 0.29) is 0 Å². The minimum atomic E-state index is -4.35. The van der Waals surface area contributed by atoms with Gasteiger partial charge >= 0.3 is 12.3 Å². The maximum absolute atomic E-state index is 12.2. The van der Waals surface area contributed by atoms with Crippen LogP contribution in [0.5, 0.6) is 11.5 Å². The molecule has 0 atom stereocenters. The van der Waals surface area contributed by atoms with Gasteiger partial charge in [-0.1, -0.05) is 0 Å². The van der Waals surface area contributed by atoms with Gasteiger partial charge in [0.05, 0.1) is 16.9 Å². The van der Waals surface area contributed by atoms with Gasteiger partial charge in [-0.25, -0.2) is 8.42 Å². The molecule has 1 aromatic rings. The van der Waals surface area contributed by atoms with Gasteiger partial charge in [-0.2, -0.15) is 8.78 Å². The number of nitro groups is 1. The Morgan fingerprint density at radius 2 is 2.00 bits per heavy atom. The number of halogens is 3. The van der Waals surface area contributed by atoms with Crippen LogP contribution >= 0.6 is 10.7 Å². The van der Waals surface area contributed by atoms with Gasteiger partial charge in [0.2, 0.25) is 5.75 Å². The molecule has 0 saturated heterocycles. The Morgan fingerprint density at radius 1 is 1.42 bits per heavy atom. The number of benzene rings is 1. The first-order valence-corrected chi connectivity index (χ1v) is 6.73. The minimum absolute atomic E-state index is 0.583. The van der Waals surface area contributed by atoms with Crippen LogP contribution in [-0.4, -0.2) is 27.1 Å². The molecule has 0 fully saturated rings. The molecule has 0 N–H and O–H groups in total. The van der Waals surface area contributed by atoms with Gasteiger partial charge in [-0.3, -0.25) is 10.1 Å². The highest BCUT2D eigenvalue weighted by atomic mass is 35.7. The summed E-state index contributed by atoms with van der Waals surface area (Å²) in [7, 11) is 1.63. The quantitative estimate of drug-likeness (QED) is 0.469. The average Bonchev–Trinajstić information content (AvgIpc) is 2.25. The van der Waals surface area contributed by atoms with Crippen LogP contribution in [0.15, 0.2) is 17.0 Å². The fourth-order valence-corrected chi connectivity index (χ4v) is 2.00. The molecule has 0 aliphatic heterocycles. The monoisotopic (exact) mass is 317 g/mol. The van der Waals surface area contributed by atoms with E-state index >= 15 is 0 Å². The van der Waals surface area contributed by atoms with Gasteiger partial charge in [0.25, 0.3) is 9.05 Å². The van der Waals surface area contributed by atoms with Crippen LogP contribution in [0.1, 0.15) is 0 Å². The number of nitrogens with zero attached hydrogens (tertiary/aromatic N) is 1. The Bertz CT molecular complexity index is 606. The van der Waals surface area contributed by atoms with Crippen molar-refractivity contribution in [3.05, 3.63) is 22.2 Å². The van der Waals surface area contributed by atoms with Crippen molar-refractivity contribution < 1.29 is 31.6 Å². The molecular formula is C8H6ClF2NO6S. The van der Waals surface area contributed by atoms with Crippen LogP contribution in [-0.2, 0) is 9.05 Å². The highest BCUT2D eigenvalue weighted by Gasteiger charge is 2.27. The third kappa shape index (κ3) is 3.64. The molecule has 0 heterocycles. The molecule has 0 aromatic heterocycles. The fourth-order valence-electron chi connectivity index (χ4n) is 1.23. The molecular weight excluding hydrogens is 312 g/mol. The van der Waals surface area contributed by atoms with E-state index in [0.29, 0.717) is 12.1 Å². The van der Waals surface area contributed by atoms with E-state index < -0.39 is 42.7 Å². The molecule has 1 rings (SSSR count). The van der Waals surface area contributed by atoms with E-state index in [1.165, 1.54) is 0 Å². The zero-order chi connectivity index (χ0) is 14.8. The minimum Gasteiger partial charge on any atom is -0.488 e. The zero-order valence-electron chi connectivity index (χ0n) is 9.17. The Morgan fingerprint density at radius 3 is 2.37 bits per heavy atom. The maximum atomic E-state index is 12.2. The lowest BCUT2D eigenvalue weighted by atomic mass is 10.2. The molecule has 7 nitrogen and oxygen atoms in total. The Labute approximate surface area is 110 Å². The summed E-state index contributed by atoms with van der Waals surface area (Å²) >= 11 is 0. The zero-order valence-corrected chi connectivity index (χ0v) is 10.7. The van der Waals surface area contributed by atoms with E-state index in [0.717, 1.165) is 7.11 Å². The van der Waals surface area contributed by atoms with Crippen molar-refractivity contribution >= 4 is 25.4 Å². The number of nitro benzene ring substituents is 1. The van der Waals surface area contributed by atoms with Crippen molar-refractivity contribution in [2.45, 2.75) is 11.5 Å². The summed E-state index contributed by atoms with van der Waals surface area (Å²) in [6, 6.07) is 1.19. The second-order valence-electron chi connectivity index (χ2n) is 3.05. The number of hydrogen-bond acceptors (Lipinski definition) is 6. The molecule has 106 valence electrons. The molecule has 11 heteroatoms. The molecule has 0 aliphatic carbocycles. The Balaban J connectivity index is 3.59. The van der Waals surface area contributed by atoms with Crippen LogP contribution in [0, 0.1) is 10.1 Å². The summed E-state index contributed by atoms with van der Waals surface area (Å²) < 4.78 is 55.1. The van der Waals surface area contributed by atoms with Crippen molar-refractivity contribution in [1.29, 1.82) is 0 Å². The normalized spacial score (nSPS) is 11.4. The van der Waals surface area contributed by atoms with Crippen molar-refractivity contribution in [3.63, 3.8) is 0 Å². The molecule has 0 radical (unpaired) electrons. The summed E-state index contributed by atoms with van der Waals surface area (Å²) in [4.78, 5) is 8.98. The second kappa shape index (κ2) is 5.53. The maximum Gasteiger partial charge on any atom is 0.387 e. The molecule has 0 amide bonds. The SMILES string of the molecule is COc1c(OC(F)F)cc(S(=O)(=O)Cl)cc1[N+](=O)[O-]. The number of methoxy groups -OCH3 is 1. The molecule has 0 bridgehead atoms. The molecule has 0 unspecified atom stereocenters. The lowest BCUT2D eigenvalue weighted by Crippen LogP contribution is -2.06. The van der Waals surface area contributed by atoms with Gasteiger partial charge in [-0.05, 0) is 0 Å². The third-order valence-electron chi connectivity index (χ3n) is 1.91. The first-order valence-electron chi connectivity index (χ1n) is 4.42. The van der Waals surface area contributed by atoms with E-state index in [1.807, 2.05) is 0 Å². The van der Waals surface area contributed by atoms with E-state index in [2.05, 4.69) is 9.47 Å². The highest BCUT2D eigenvalue weighted by molar-refractivity contribution is 8.13. The summed E-state index contributed by atoms with van der Waals surface area (Å²) in [5.41, 5.74) is -0.861. The predicted octanol–water partition coefficient (Wildman–Crippen LogP) is 2.13. The van der Waals surface area contributed by atoms with Crippen molar-refractivity contribution in [2.75, 3.05) is 7.11 Å². The standard InChI is InChI=1S/C8H6ClF2NO6S/c1-17-7-5(12(13)14)2-4(19(9,15)16)3-6(7)18-8(10)11/h2-3,8H,1H3. The first-order chi connectivity index (χ1) is 8.66. The predicted molar refractivity (Wildman–Crippen MR) is 59.3 cm³/mol. The molecule has 19 heavy (non-hydrogen) atoms. The molecule has 0 aliphatic rings. The van der Waals surface area contributed by atoms with Crippen LogP contribution in [0.25, 0.3) is 0 Å². The van der Waals surface area contributed by atoms with E-state index in [4.69, 9.17) is 10.7 Å². The largest absolute Gasteiger partial charge is 0.488 e. The highest BCUT2D eigenvalue weighted by Crippen LogP contribution is 2.40. The lowest BCUT2D eigenvalue weighted by Gasteiger charge is -2.11. The first kappa shape index (κ1) is 15.4. The van der Waals surface area contributed by atoms with Crippen molar-refractivity contribution in [1.82, 2.24) is 0 Å². The van der Waals surface area contributed by atoms with Crippen LogP contribution in [0.3, 0.4) is 0 Å². The van der Waals surface area contributed by atoms with Crippen molar-refractivity contribution in [2.24, 2.45) is 0 Å². The van der Waals surface area contributed by atoms with Crippen LogP contribution < -0.4 is 9.47 Å². The van der Waals surface area contributed by atoms with Gasteiger partial charge in [-0.15, -0.1) is 0 Å². The summed E-state index contributed by atoms with van der Waals surface area (Å²) in [5.74, 6) is -1.43. The molecule has 0 spiro atoms. The van der Waals surface area contributed by atoms with Gasteiger partial charge < -0.3 is 9.47 Å². The Hall–Kier alpha value is -1.68. The van der Waals surface area contributed by atoms with Crippen LogP contribution in [0.4, 0.5) is 14.5 Å². The Kier molecular flexibility index (Phi) is 4.48. The average molecular weight is 318 g/mol. The number of hydrogen-bond donors (Lipinski definition) is 0. The molecule has 0 saturated carbocycles. The van der Waals surface area contributed by atoms with Crippen LogP contribution in [0.2, 0.25) is 0 Å². The number of ether oxygens (including phenoxy) is 2. The summed E-state index contributed by atoms with van der Waals surface area (Å²) in [6.07, 6.45) is 0.